The van der Waals surface area contributed by atoms with Crippen molar-refractivity contribution < 1.29 is 19.4 Å². The highest BCUT2D eigenvalue weighted by molar-refractivity contribution is 5.74. The smallest absolute Gasteiger partial charge is 0.309 e. The lowest BCUT2D eigenvalue weighted by molar-refractivity contribution is -0.142. The van der Waals surface area contributed by atoms with Crippen molar-refractivity contribution in [3.8, 4) is 5.75 Å². The summed E-state index contributed by atoms with van der Waals surface area (Å²) in [5, 5.41) is 11.3. The molecule has 0 spiro atoms. The zero-order chi connectivity index (χ0) is 17.4. The Kier molecular flexibility index (Phi) is 3.14. The quantitative estimate of drug-likeness (QED) is 0.796. The largest absolute Gasteiger partial charge is 0.497 e. The minimum atomic E-state index is -0.958. The van der Waals surface area contributed by atoms with Crippen molar-refractivity contribution in [1.82, 2.24) is 0 Å². The first-order valence-electron chi connectivity index (χ1n) is 9.55. The summed E-state index contributed by atoms with van der Waals surface area (Å²) in [6.45, 7) is 2.21. The highest BCUT2D eigenvalue weighted by Gasteiger charge is 2.69. The minimum Gasteiger partial charge on any atom is -0.497 e. The van der Waals surface area contributed by atoms with E-state index in [4.69, 9.17) is 9.47 Å². The number of rotatable bonds is 1. The van der Waals surface area contributed by atoms with Gasteiger partial charge in [-0.1, -0.05) is 13.0 Å². The van der Waals surface area contributed by atoms with E-state index in [1.165, 1.54) is 11.1 Å². The van der Waals surface area contributed by atoms with Crippen molar-refractivity contribution >= 4 is 5.97 Å². The first kappa shape index (κ1) is 15.7. The number of methoxy groups -OCH3 is 1. The van der Waals surface area contributed by atoms with Gasteiger partial charge in [0.1, 0.15) is 17.5 Å². The Morgan fingerprint density at radius 2 is 2.16 bits per heavy atom. The van der Waals surface area contributed by atoms with Gasteiger partial charge in [-0.3, -0.25) is 4.79 Å². The second-order valence-electron chi connectivity index (χ2n) is 8.75. The summed E-state index contributed by atoms with van der Waals surface area (Å²) in [6, 6.07) is 6.52. The van der Waals surface area contributed by atoms with Crippen molar-refractivity contribution in [3.63, 3.8) is 0 Å². The molecular weight excluding hydrogens is 316 g/mol. The van der Waals surface area contributed by atoms with E-state index in [9.17, 15) is 9.90 Å². The molecule has 0 radical (unpaired) electrons. The number of benzene rings is 1. The van der Waals surface area contributed by atoms with Crippen molar-refractivity contribution in [2.75, 3.05) is 7.11 Å². The van der Waals surface area contributed by atoms with E-state index >= 15 is 0 Å². The number of ether oxygens (including phenoxy) is 2. The number of hydrogen-bond donors (Lipinski definition) is 1. The highest BCUT2D eigenvalue weighted by Crippen LogP contribution is 2.66. The van der Waals surface area contributed by atoms with Crippen LogP contribution in [0.2, 0.25) is 0 Å². The van der Waals surface area contributed by atoms with E-state index in [-0.39, 0.29) is 23.9 Å². The van der Waals surface area contributed by atoms with Crippen molar-refractivity contribution in [3.05, 3.63) is 29.3 Å². The summed E-state index contributed by atoms with van der Waals surface area (Å²) < 4.78 is 10.9. The molecule has 3 fully saturated rings. The zero-order valence-electron chi connectivity index (χ0n) is 15.0. The average molecular weight is 342 g/mol. The molecule has 0 aromatic heterocycles. The Balaban J connectivity index is 1.51. The van der Waals surface area contributed by atoms with Gasteiger partial charge in [-0.25, -0.2) is 0 Å². The van der Waals surface area contributed by atoms with Crippen LogP contribution >= 0.6 is 0 Å². The Labute approximate surface area is 148 Å². The molecule has 0 amide bonds. The van der Waals surface area contributed by atoms with Crippen LogP contribution in [0.5, 0.6) is 5.75 Å². The molecule has 25 heavy (non-hydrogen) atoms. The Morgan fingerprint density at radius 1 is 1.32 bits per heavy atom. The van der Waals surface area contributed by atoms with E-state index in [1.807, 2.05) is 0 Å². The summed E-state index contributed by atoms with van der Waals surface area (Å²) >= 11 is 0. The number of aryl methyl sites for hydroxylation is 1. The molecule has 134 valence electrons. The molecule has 3 aliphatic carbocycles. The van der Waals surface area contributed by atoms with Gasteiger partial charge in [0.2, 0.25) is 0 Å². The highest BCUT2D eigenvalue weighted by atomic mass is 16.6. The monoisotopic (exact) mass is 342 g/mol. The van der Waals surface area contributed by atoms with E-state index in [2.05, 4.69) is 25.1 Å². The maximum Gasteiger partial charge on any atom is 0.309 e. The Bertz CT molecular complexity index is 743. The van der Waals surface area contributed by atoms with Gasteiger partial charge in [-0.2, -0.15) is 0 Å². The fourth-order valence-corrected chi connectivity index (χ4v) is 6.65. The lowest BCUT2D eigenvalue weighted by Gasteiger charge is -2.52. The third-order valence-electron chi connectivity index (χ3n) is 8.00. The lowest BCUT2D eigenvalue weighted by Crippen LogP contribution is -2.52. The Morgan fingerprint density at radius 3 is 2.96 bits per heavy atom. The zero-order valence-corrected chi connectivity index (χ0v) is 15.0. The molecule has 6 atom stereocenters. The van der Waals surface area contributed by atoms with Gasteiger partial charge >= 0.3 is 5.97 Å². The van der Waals surface area contributed by atoms with Crippen LogP contribution in [0.15, 0.2) is 18.2 Å². The maximum atomic E-state index is 11.8. The van der Waals surface area contributed by atoms with Crippen molar-refractivity contribution in [2.45, 2.75) is 63.1 Å². The molecule has 1 unspecified atom stereocenters. The predicted molar refractivity (Wildman–Crippen MR) is 92.4 cm³/mol. The molecule has 1 aromatic carbocycles. The van der Waals surface area contributed by atoms with Crippen molar-refractivity contribution in [1.29, 1.82) is 0 Å². The molecule has 5 rings (SSSR count). The SMILES string of the molecule is COc1ccc2c(c1)CC[C@@H]1[C@@H]2CC[C@@]2(C)[C@H]1CC1OC(=O)C[C@@]12O. The number of carbonyl (C=O) groups excluding carboxylic acids is 1. The van der Waals surface area contributed by atoms with Crippen LogP contribution in [-0.4, -0.2) is 29.9 Å². The first-order valence-corrected chi connectivity index (χ1v) is 9.55. The van der Waals surface area contributed by atoms with Crippen LogP contribution in [0.1, 0.15) is 56.1 Å². The van der Waals surface area contributed by atoms with Gasteiger partial charge in [-0.15, -0.1) is 0 Å². The molecule has 1 N–H and O–H groups in total. The minimum absolute atomic E-state index is 0.176. The molecule has 1 saturated heterocycles. The number of aliphatic hydroxyl groups is 1. The third-order valence-corrected chi connectivity index (χ3v) is 8.00. The van der Waals surface area contributed by atoms with Crippen LogP contribution in [0.4, 0.5) is 0 Å². The normalized spacial score (nSPS) is 44.4. The van der Waals surface area contributed by atoms with Gasteiger partial charge in [0.05, 0.1) is 13.5 Å². The van der Waals surface area contributed by atoms with Gasteiger partial charge in [0.15, 0.2) is 0 Å². The van der Waals surface area contributed by atoms with Gasteiger partial charge < -0.3 is 14.6 Å². The molecule has 1 aliphatic heterocycles. The van der Waals surface area contributed by atoms with Gasteiger partial charge in [0.25, 0.3) is 0 Å². The number of fused-ring (bicyclic) bond motifs is 7. The average Bonchev–Trinajstić information content (AvgIpc) is 3.01. The second kappa shape index (κ2) is 5.00. The molecule has 1 aromatic rings. The standard InChI is InChI=1S/C21H26O4/c1-20-8-7-15-14-6-4-13(24-2)9-12(14)3-5-16(15)17(20)10-18-21(20,23)11-19(22)25-18/h4,6,9,15-18,23H,3,5,7-8,10-11H2,1-2H3/t15-,16-,17+,18?,20+,21-/m1/s1. The molecule has 4 heteroatoms. The second-order valence-corrected chi connectivity index (χ2v) is 8.75. The summed E-state index contributed by atoms with van der Waals surface area (Å²) in [7, 11) is 1.72. The topological polar surface area (TPSA) is 55.8 Å². The van der Waals surface area contributed by atoms with Crippen molar-refractivity contribution in [2.24, 2.45) is 17.3 Å². The third kappa shape index (κ3) is 1.89. The molecule has 4 nitrogen and oxygen atoms in total. The molecule has 2 saturated carbocycles. The number of hydrogen-bond acceptors (Lipinski definition) is 4. The van der Waals surface area contributed by atoms with Crippen LogP contribution in [0, 0.1) is 17.3 Å². The molecule has 1 heterocycles. The van der Waals surface area contributed by atoms with E-state index in [0.717, 1.165) is 37.9 Å². The summed E-state index contributed by atoms with van der Waals surface area (Å²) in [6.07, 6.45) is 4.98. The fourth-order valence-electron chi connectivity index (χ4n) is 6.65. The predicted octanol–water partition coefficient (Wildman–Crippen LogP) is 3.21. The number of esters is 1. The fraction of sp³-hybridized carbons (Fsp3) is 0.667. The summed E-state index contributed by atoms with van der Waals surface area (Å²) in [4.78, 5) is 11.8. The van der Waals surface area contributed by atoms with Crippen LogP contribution in [0.3, 0.4) is 0 Å². The van der Waals surface area contributed by atoms with Crippen LogP contribution in [-0.2, 0) is 16.0 Å². The first-order chi connectivity index (χ1) is 12.0. The van der Waals surface area contributed by atoms with Gasteiger partial charge in [-0.05, 0) is 73.1 Å². The Hall–Kier alpha value is -1.55. The van der Waals surface area contributed by atoms with Gasteiger partial charge in [0, 0.05) is 5.41 Å². The van der Waals surface area contributed by atoms with Crippen LogP contribution in [0.25, 0.3) is 0 Å². The van der Waals surface area contributed by atoms with E-state index in [0.29, 0.717) is 17.8 Å². The van der Waals surface area contributed by atoms with Crippen LogP contribution < -0.4 is 4.74 Å². The number of carbonyl (C=O) groups is 1. The molecular formula is C21H26O4. The van der Waals surface area contributed by atoms with E-state index in [1.54, 1.807) is 7.11 Å². The van der Waals surface area contributed by atoms with E-state index < -0.39 is 5.60 Å². The molecule has 0 bridgehead atoms. The summed E-state index contributed by atoms with van der Waals surface area (Å²) in [5.41, 5.74) is 1.74. The molecule has 4 aliphatic rings. The lowest BCUT2D eigenvalue weighted by atomic mass is 9.53. The maximum absolute atomic E-state index is 11.8. The summed E-state index contributed by atoms with van der Waals surface area (Å²) in [5.74, 6) is 2.29.